The fourth-order valence-electron chi connectivity index (χ4n) is 2.41. The normalized spacial score (nSPS) is 10.7. The van der Waals surface area contributed by atoms with Crippen molar-refractivity contribution in [3.8, 4) is 0 Å². The second kappa shape index (κ2) is 8.53. The van der Waals surface area contributed by atoms with E-state index in [2.05, 4.69) is 56.5 Å². The fourth-order valence-corrected chi connectivity index (χ4v) is 2.41. The van der Waals surface area contributed by atoms with Crippen LogP contribution < -0.4 is 4.90 Å². The Morgan fingerprint density at radius 1 is 1.00 bits per heavy atom. The molecule has 0 aliphatic carbocycles. The van der Waals surface area contributed by atoms with Gasteiger partial charge in [0, 0.05) is 26.3 Å². The number of hydrogen-bond donors (Lipinski definition) is 0. The summed E-state index contributed by atoms with van der Waals surface area (Å²) < 4.78 is 1.61. The number of aryl methyl sites for hydroxylation is 2. The summed E-state index contributed by atoms with van der Waals surface area (Å²) in [4.78, 5) is 6.40. The molecule has 0 saturated heterocycles. The zero-order chi connectivity index (χ0) is 16.9. The van der Waals surface area contributed by atoms with Gasteiger partial charge in [-0.1, -0.05) is 30.3 Å². The van der Waals surface area contributed by atoms with Crippen LogP contribution >= 0.6 is 17.0 Å². The van der Waals surface area contributed by atoms with E-state index in [1.807, 2.05) is 37.3 Å². The molecule has 0 saturated carbocycles. The summed E-state index contributed by atoms with van der Waals surface area (Å²) in [5.74, 6) is 1.18. The highest BCUT2D eigenvalue weighted by Gasteiger charge is 2.03. The summed E-state index contributed by atoms with van der Waals surface area (Å²) in [5, 5.41) is 12.5. The highest BCUT2D eigenvalue weighted by atomic mass is 79.9. The lowest BCUT2D eigenvalue weighted by Crippen LogP contribution is -2.15. The molecular formula is C18H21BrN6. The van der Waals surface area contributed by atoms with E-state index in [0.29, 0.717) is 11.8 Å². The Bertz CT molecular complexity index is 827. The Kier molecular flexibility index (Phi) is 6.41. The monoisotopic (exact) mass is 400 g/mol. The van der Waals surface area contributed by atoms with Gasteiger partial charge in [0.05, 0.1) is 5.69 Å². The van der Waals surface area contributed by atoms with Crippen LogP contribution in [-0.4, -0.2) is 21.8 Å². The van der Waals surface area contributed by atoms with Gasteiger partial charge >= 0.3 is 0 Å². The molecule has 0 spiro atoms. The van der Waals surface area contributed by atoms with Gasteiger partial charge in [0.15, 0.2) is 0 Å². The maximum atomic E-state index is 4.22. The molecule has 1 aromatic heterocycles. The summed E-state index contributed by atoms with van der Waals surface area (Å²) in [5.41, 5.74) is 3.20. The summed E-state index contributed by atoms with van der Waals surface area (Å²) >= 11 is 0. The first-order chi connectivity index (χ1) is 11.6. The molecule has 6 nitrogen and oxygen atoms in total. The second-order valence-electron chi connectivity index (χ2n) is 5.64. The van der Waals surface area contributed by atoms with Crippen LogP contribution in [0.2, 0.25) is 0 Å². The molecule has 7 heteroatoms. The van der Waals surface area contributed by atoms with Gasteiger partial charge in [0.1, 0.15) is 5.82 Å². The predicted octanol–water partition coefficient (Wildman–Crippen LogP) is 4.75. The van der Waals surface area contributed by atoms with Gasteiger partial charge in [-0.25, -0.2) is 4.68 Å². The standard InChI is InChI=1S/C18H20N6.BrH/c1-14-19-18(24(3)22-14)21-20-16-9-11-17(12-10-16)23(2)13-15-7-5-4-6-8-15;/h4-12H,13H2,1-3H3;1H. The number of nitrogens with zero attached hydrogens (tertiary/aromatic N) is 6. The van der Waals surface area contributed by atoms with Crippen LogP contribution in [0.15, 0.2) is 64.8 Å². The van der Waals surface area contributed by atoms with Crippen molar-refractivity contribution in [2.24, 2.45) is 17.3 Å². The van der Waals surface area contributed by atoms with Crippen LogP contribution in [0.3, 0.4) is 0 Å². The average molecular weight is 401 g/mol. The third-order valence-corrected chi connectivity index (χ3v) is 3.65. The van der Waals surface area contributed by atoms with E-state index < -0.39 is 0 Å². The molecule has 0 aliphatic rings. The van der Waals surface area contributed by atoms with Gasteiger partial charge in [-0.2, -0.15) is 10.1 Å². The molecule has 0 N–H and O–H groups in total. The first-order valence-corrected chi connectivity index (χ1v) is 7.76. The minimum Gasteiger partial charge on any atom is -0.370 e. The third kappa shape index (κ3) is 4.96. The van der Waals surface area contributed by atoms with Gasteiger partial charge in [0.2, 0.25) is 0 Å². The molecule has 1 heterocycles. The van der Waals surface area contributed by atoms with E-state index in [0.717, 1.165) is 17.9 Å². The minimum absolute atomic E-state index is 0. The van der Waals surface area contributed by atoms with E-state index in [-0.39, 0.29) is 17.0 Å². The second-order valence-corrected chi connectivity index (χ2v) is 5.64. The largest absolute Gasteiger partial charge is 0.370 e. The zero-order valence-corrected chi connectivity index (χ0v) is 16.2. The molecule has 0 radical (unpaired) electrons. The van der Waals surface area contributed by atoms with Gasteiger partial charge in [-0.05, 0) is 36.8 Å². The van der Waals surface area contributed by atoms with Crippen LogP contribution in [0, 0.1) is 6.92 Å². The fraction of sp³-hybridized carbons (Fsp3) is 0.222. The van der Waals surface area contributed by atoms with Gasteiger partial charge < -0.3 is 4.90 Å². The maximum absolute atomic E-state index is 4.22. The van der Waals surface area contributed by atoms with Crippen LogP contribution in [0.4, 0.5) is 17.3 Å². The predicted molar refractivity (Wildman–Crippen MR) is 105 cm³/mol. The number of hydrogen-bond acceptors (Lipinski definition) is 5. The molecule has 3 rings (SSSR count). The molecule has 0 atom stereocenters. The summed E-state index contributed by atoms with van der Waals surface area (Å²) in [6.45, 7) is 2.69. The zero-order valence-electron chi connectivity index (χ0n) is 14.5. The Morgan fingerprint density at radius 3 is 2.28 bits per heavy atom. The molecule has 0 bridgehead atoms. The quantitative estimate of drug-likeness (QED) is 0.580. The SMILES string of the molecule is Br.Cc1nc(N=Nc2ccc(N(C)Cc3ccccc3)cc2)n(C)n1. The van der Waals surface area contributed by atoms with Gasteiger partial charge in [0.25, 0.3) is 5.95 Å². The topological polar surface area (TPSA) is 58.7 Å². The Hall–Kier alpha value is -2.54. The number of benzene rings is 2. The van der Waals surface area contributed by atoms with E-state index in [1.54, 1.807) is 11.7 Å². The van der Waals surface area contributed by atoms with E-state index in [4.69, 9.17) is 0 Å². The molecule has 2 aromatic carbocycles. The van der Waals surface area contributed by atoms with Crippen molar-refractivity contribution in [1.29, 1.82) is 0 Å². The van der Waals surface area contributed by atoms with Crippen molar-refractivity contribution in [2.45, 2.75) is 13.5 Å². The average Bonchev–Trinajstić information content (AvgIpc) is 2.92. The molecular weight excluding hydrogens is 380 g/mol. The lowest BCUT2D eigenvalue weighted by Gasteiger charge is -2.19. The number of aromatic nitrogens is 3. The van der Waals surface area contributed by atoms with Crippen molar-refractivity contribution in [1.82, 2.24) is 14.8 Å². The van der Waals surface area contributed by atoms with Gasteiger partial charge in [-0.3, -0.25) is 0 Å². The number of rotatable bonds is 5. The van der Waals surface area contributed by atoms with Gasteiger partial charge in [-0.15, -0.1) is 27.2 Å². The highest BCUT2D eigenvalue weighted by molar-refractivity contribution is 8.93. The van der Waals surface area contributed by atoms with Crippen molar-refractivity contribution >= 4 is 34.3 Å². The van der Waals surface area contributed by atoms with Crippen LogP contribution in [0.5, 0.6) is 0 Å². The van der Waals surface area contributed by atoms with Crippen molar-refractivity contribution < 1.29 is 0 Å². The van der Waals surface area contributed by atoms with E-state index in [1.165, 1.54) is 5.56 Å². The molecule has 0 aliphatic heterocycles. The molecule has 0 amide bonds. The first kappa shape index (κ1) is 18.8. The molecule has 130 valence electrons. The highest BCUT2D eigenvalue weighted by Crippen LogP contribution is 2.22. The van der Waals surface area contributed by atoms with Crippen LogP contribution in [0.1, 0.15) is 11.4 Å². The summed E-state index contributed by atoms with van der Waals surface area (Å²) in [7, 11) is 3.88. The summed E-state index contributed by atoms with van der Waals surface area (Å²) in [6.07, 6.45) is 0. The number of azo groups is 1. The van der Waals surface area contributed by atoms with Crippen molar-refractivity contribution in [3.05, 3.63) is 66.0 Å². The minimum atomic E-state index is 0. The Labute approximate surface area is 158 Å². The summed E-state index contributed by atoms with van der Waals surface area (Å²) in [6, 6.07) is 18.4. The lowest BCUT2D eigenvalue weighted by molar-refractivity contribution is 0.753. The number of halogens is 1. The number of anilines is 1. The maximum Gasteiger partial charge on any atom is 0.267 e. The van der Waals surface area contributed by atoms with Crippen LogP contribution in [-0.2, 0) is 13.6 Å². The smallest absolute Gasteiger partial charge is 0.267 e. The Balaban J connectivity index is 0.00000225. The molecule has 0 fully saturated rings. The van der Waals surface area contributed by atoms with E-state index in [9.17, 15) is 0 Å². The molecule has 3 aromatic rings. The third-order valence-electron chi connectivity index (χ3n) is 3.65. The van der Waals surface area contributed by atoms with Crippen molar-refractivity contribution in [2.75, 3.05) is 11.9 Å². The van der Waals surface area contributed by atoms with Crippen LogP contribution in [0.25, 0.3) is 0 Å². The molecule has 0 unspecified atom stereocenters. The lowest BCUT2D eigenvalue weighted by atomic mass is 10.2. The molecule has 25 heavy (non-hydrogen) atoms. The van der Waals surface area contributed by atoms with Crippen molar-refractivity contribution in [3.63, 3.8) is 0 Å². The Morgan fingerprint density at radius 2 is 1.68 bits per heavy atom. The van der Waals surface area contributed by atoms with E-state index >= 15 is 0 Å². The first-order valence-electron chi connectivity index (χ1n) is 7.76.